The van der Waals surface area contributed by atoms with Crippen molar-refractivity contribution in [3.05, 3.63) is 103 Å². The maximum Gasteiger partial charge on any atom is 0.255 e. The standard InChI is InChI=1S/C29H21N9O/c1-17-15-38(16-32-17)26-14-31-13-25-21(26)10-24(34-25)28-27-23(36-37-28)8-7-22(35-27)19-9-20(12-30-11-19)33-29(39)18-5-3-2-4-6-18/h2-16,34H,1H3,(H,33,39)(H,36,37). The van der Waals surface area contributed by atoms with Crippen LogP contribution in [0.4, 0.5) is 5.69 Å². The predicted octanol–water partition coefficient (Wildman–Crippen LogP) is 5.31. The van der Waals surface area contributed by atoms with E-state index in [1.807, 2.05) is 66.3 Å². The molecule has 0 fully saturated rings. The van der Waals surface area contributed by atoms with Crippen LogP contribution in [0, 0.1) is 6.92 Å². The van der Waals surface area contributed by atoms with Crippen LogP contribution in [0.25, 0.3) is 50.3 Å². The number of nitrogens with zero attached hydrogens (tertiary/aromatic N) is 6. The number of pyridine rings is 3. The van der Waals surface area contributed by atoms with Crippen molar-refractivity contribution in [2.75, 3.05) is 5.32 Å². The summed E-state index contributed by atoms with van der Waals surface area (Å²) in [6.07, 6.45) is 10.7. The summed E-state index contributed by atoms with van der Waals surface area (Å²) < 4.78 is 1.96. The molecule has 1 aromatic carbocycles. The molecule has 0 aliphatic rings. The summed E-state index contributed by atoms with van der Waals surface area (Å²) in [7, 11) is 0. The normalized spacial score (nSPS) is 11.3. The van der Waals surface area contributed by atoms with Crippen molar-refractivity contribution in [3.63, 3.8) is 0 Å². The van der Waals surface area contributed by atoms with Gasteiger partial charge in [0.25, 0.3) is 5.91 Å². The van der Waals surface area contributed by atoms with E-state index in [0.29, 0.717) is 28.2 Å². The molecule has 0 unspecified atom stereocenters. The molecule has 7 rings (SSSR count). The minimum absolute atomic E-state index is 0.200. The number of anilines is 1. The number of carbonyl (C=O) groups is 1. The average molecular weight is 512 g/mol. The molecular formula is C29H21N9O. The fourth-order valence-corrected chi connectivity index (χ4v) is 4.61. The molecule has 6 heterocycles. The minimum atomic E-state index is -0.200. The van der Waals surface area contributed by atoms with Crippen LogP contribution in [0.5, 0.6) is 0 Å². The zero-order chi connectivity index (χ0) is 26.3. The largest absolute Gasteiger partial charge is 0.352 e. The summed E-state index contributed by atoms with van der Waals surface area (Å²) in [4.78, 5) is 34.0. The van der Waals surface area contributed by atoms with Crippen molar-refractivity contribution in [2.45, 2.75) is 6.92 Å². The molecule has 1 amide bonds. The Bertz CT molecular complexity index is 1980. The van der Waals surface area contributed by atoms with Crippen molar-refractivity contribution in [2.24, 2.45) is 0 Å². The lowest BCUT2D eigenvalue weighted by Gasteiger charge is -2.07. The van der Waals surface area contributed by atoms with Gasteiger partial charge in [-0.05, 0) is 43.3 Å². The third-order valence-corrected chi connectivity index (χ3v) is 6.51. The highest BCUT2D eigenvalue weighted by molar-refractivity contribution is 6.04. The Hall–Kier alpha value is -5.64. The Morgan fingerprint density at radius 2 is 1.82 bits per heavy atom. The van der Waals surface area contributed by atoms with E-state index in [1.54, 1.807) is 37.1 Å². The Kier molecular flexibility index (Phi) is 5.22. The number of hydrogen-bond acceptors (Lipinski definition) is 6. The number of nitrogens with one attached hydrogen (secondary N) is 3. The molecule has 0 aliphatic heterocycles. The van der Waals surface area contributed by atoms with Gasteiger partial charge in [0.05, 0.1) is 64.4 Å². The molecule has 0 atom stereocenters. The van der Waals surface area contributed by atoms with E-state index >= 15 is 0 Å². The molecule has 10 nitrogen and oxygen atoms in total. The molecule has 6 aromatic heterocycles. The van der Waals surface area contributed by atoms with Crippen LogP contribution in [0.1, 0.15) is 16.1 Å². The number of fused-ring (bicyclic) bond motifs is 2. The van der Waals surface area contributed by atoms with Crippen molar-refractivity contribution in [1.29, 1.82) is 0 Å². The average Bonchev–Trinajstić information content (AvgIpc) is 3.71. The lowest BCUT2D eigenvalue weighted by atomic mass is 10.1. The van der Waals surface area contributed by atoms with Gasteiger partial charge in [0.2, 0.25) is 0 Å². The van der Waals surface area contributed by atoms with Gasteiger partial charge in [0, 0.05) is 28.9 Å². The quantitative estimate of drug-likeness (QED) is 0.287. The highest BCUT2D eigenvalue weighted by atomic mass is 16.1. The van der Waals surface area contributed by atoms with Crippen LogP contribution in [0.15, 0.2) is 91.9 Å². The van der Waals surface area contributed by atoms with Gasteiger partial charge in [-0.15, -0.1) is 0 Å². The highest BCUT2D eigenvalue weighted by Gasteiger charge is 2.16. The first-order valence-electron chi connectivity index (χ1n) is 12.3. The van der Waals surface area contributed by atoms with Crippen LogP contribution >= 0.6 is 0 Å². The predicted molar refractivity (Wildman–Crippen MR) is 148 cm³/mol. The molecule has 0 radical (unpaired) electrons. The van der Waals surface area contributed by atoms with E-state index in [-0.39, 0.29) is 5.91 Å². The molecule has 3 N–H and O–H groups in total. The molecule has 0 aliphatic carbocycles. The Balaban J connectivity index is 1.25. The Morgan fingerprint density at radius 1 is 0.949 bits per heavy atom. The van der Waals surface area contributed by atoms with Crippen molar-refractivity contribution in [1.82, 2.24) is 39.7 Å². The van der Waals surface area contributed by atoms with E-state index in [1.165, 1.54) is 0 Å². The summed E-state index contributed by atoms with van der Waals surface area (Å²) >= 11 is 0. The SMILES string of the molecule is Cc1cn(-c2cncc3[nH]c(-c4n[nH]c5ccc(-c6cncc(NC(=O)c7ccccc7)c6)nc45)cc23)cn1. The lowest BCUT2D eigenvalue weighted by molar-refractivity contribution is 0.102. The molecule has 0 saturated heterocycles. The molecule has 7 aromatic rings. The first kappa shape index (κ1) is 22.5. The molecule has 0 saturated carbocycles. The van der Waals surface area contributed by atoms with E-state index < -0.39 is 0 Å². The second-order valence-corrected chi connectivity index (χ2v) is 9.17. The van der Waals surface area contributed by atoms with Crippen molar-refractivity contribution in [3.8, 4) is 28.3 Å². The zero-order valence-corrected chi connectivity index (χ0v) is 20.8. The summed E-state index contributed by atoms with van der Waals surface area (Å²) in [6, 6.07) is 16.8. The van der Waals surface area contributed by atoms with Crippen LogP contribution in [-0.4, -0.2) is 45.6 Å². The van der Waals surface area contributed by atoms with E-state index in [2.05, 4.69) is 35.5 Å². The molecular weight excluding hydrogens is 490 g/mol. The fourth-order valence-electron chi connectivity index (χ4n) is 4.61. The second kappa shape index (κ2) is 9.03. The summed E-state index contributed by atoms with van der Waals surface area (Å²) in [5.74, 6) is -0.200. The molecule has 10 heteroatoms. The third-order valence-electron chi connectivity index (χ3n) is 6.51. The van der Waals surface area contributed by atoms with E-state index in [9.17, 15) is 4.79 Å². The molecule has 188 valence electrons. The number of imidazole rings is 1. The first-order chi connectivity index (χ1) is 19.1. The van der Waals surface area contributed by atoms with Crippen LogP contribution < -0.4 is 5.32 Å². The number of rotatable bonds is 5. The van der Waals surface area contributed by atoms with Gasteiger partial charge >= 0.3 is 0 Å². The number of hydrogen-bond donors (Lipinski definition) is 3. The highest BCUT2D eigenvalue weighted by Crippen LogP contribution is 2.31. The van der Waals surface area contributed by atoms with Crippen LogP contribution in [-0.2, 0) is 0 Å². The zero-order valence-electron chi connectivity index (χ0n) is 20.8. The van der Waals surface area contributed by atoms with Gasteiger partial charge in [-0.2, -0.15) is 5.10 Å². The molecule has 39 heavy (non-hydrogen) atoms. The smallest absolute Gasteiger partial charge is 0.255 e. The number of aryl methyl sites for hydroxylation is 1. The van der Waals surface area contributed by atoms with Gasteiger partial charge in [-0.3, -0.25) is 19.9 Å². The fraction of sp³-hybridized carbons (Fsp3) is 0.0345. The molecule has 0 bridgehead atoms. The van der Waals surface area contributed by atoms with Crippen molar-refractivity contribution < 1.29 is 4.79 Å². The van der Waals surface area contributed by atoms with Gasteiger partial charge < -0.3 is 14.9 Å². The summed E-state index contributed by atoms with van der Waals surface area (Å²) in [6.45, 7) is 1.95. The topological polar surface area (TPSA) is 130 Å². The maximum absolute atomic E-state index is 12.6. The molecule has 0 spiro atoms. The van der Waals surface area contributed by atoms with Gasteiger partial charge in [0.15, 0.2) is 0 Å². The maximum atomic E-state index is 12.6. The number of carbonyl (C=O) groups excluding carboxylic acids is 1. The van der Waals surface area contributed by atoms with Crippen molar-refractivity contribution >= 4 is 33.5 Å². The minimum Gasteiger partial charge on any atom is -0.352 e. The number of benzene rings is 1. The number of aromatic nitrogens is 8. The van der Waals surface area contributed by atoms with Crippen LogP contribution in [0.2, 0.25) is 0 Å². The van der Waals surface area contributed by atoms with Gasteiger partial charge in [0.1, 0.15) is 11.2 Å². The summed E-state index contributed by atoms with van der Waals surface area (Å²) in [5, 5.41) is 11.5. The second-order valence-electron chi connectivity index (χ2n) is 9.17. The number of amides is 1. The monoisotopic (exact) mass is 511 g/mol. The lowest BCUT2D eigenvalue weighted by Crippen LogP contribution is -2.11. The van der Waals surface area contributed by atoms with Gasteiger partial charge in [-0.25, -0.2) is 9.97 Å². The third kappa shape index (κ3) is 4.09. The number of aromatic amines is 2. The Morgan fingerprint density at radius 3 is 2.67 bits per heavy atom. The number of H-pyrrole nitrogens is 2. The summed E-state index contributed by atoms with van der Waals surface area (Å²) in [5.41, 5.74) is 8.39. The first-order valence-corrected chi connectivity index (χ1v) is 12.3. The van der Waals surface area contributed by atoms with E-state index in [0.717, 1.165) is 39.1 Å². The van der Waals surface area contributed by atoms with Gasteiger partial charge in [-0.1, -0.05) is 18.2 Å². The van der Waals surface area contributed by atoms with Crippen LogP contribution in [0.3, 0.4) is 0 Å². The van der Waals surface area contributed by atoms with E-state index in [4.69, 9.17) is 4.98 Å². The Labute approximate surface area is 221 Å².